The number of aromatic nitrogens is 3. The van der Waals surface area contributed by atoms with Crippen LogP contribution in [0.15, 0.2) is 35.1 Å². The Morgan fingerprint density at radius 3 is 2.84 bits per heavy atom. The van der Waals surface area contributed by atoms with Crippen LogP contribution in [0.2, 0.25) is 0 Å². The average Bonchev–Trinajstić information content (AvgIpc) is 2.97. The summed E-state index contributed by atoms with van der Waals surface area (Å²) in [4.78, 5) is 26.2. The van der Waals surface area contributed by atoms with Crippen LogP contribution in [0.3, 0.4) is 0 Å². The Morgan fingerprint density at radius 1 is 1.36 bits per heavy atom. The lowest BCUT2D eigenvalue weighted by molar-refractivity contribution is 0.142. The van der Waals surface area contributed by atoms with E-state index in [0.717, 1.165) is 10.2 Å². The minimum absolute atomic E-state index is 0.124. The van der Waals surface area contributed by atoms with E-state index in [0.29, 0.717) is 11.8 Å². The molecule has 0 aromatic carbocycles. The first-order valence-electron chi connectivity index (χ1n) is 7.81. The molecule has 2 aromatic heterocycles. The number of hydrogen-bond acceptors (Lipinski definition) is 7. The zero-order chi connectivity index (χ0) is 18.0. The van der Waals surface area contributed by atoms with E-state index in [9.17, 15) is 9.90 Å². The summed E-state index contributed by atoms with van der Waals surface area (Å²) in [7, 11) is 0. The number of amides is 1. The fourth-order valence-electron chi connectivity index (χ4n) is 2.52. The molecular formula is C16H18BrN5O3. The van der Waals surface area contributed by atoms with E-state index in [2.05, 4.69) is 36.2 Å². The summed E-state index contributed by atoms with van der Waals surface area (Å²) in [6.45, 7) is 3.68. The van der Waals surface area contributed by atoms with Gasteiger partial charge in [0, 0.05) is 16.9 Å². The van der Waals surface area contributed by atoms with Crippen molar-refractivity contribution in [2.24, 2.45) is 0 Å². The van der Waals surface area contributed by atoms with E-state index in [1.807, 2.05) is 19.1 Å². The summed E-state index contributed by atoms with van der Waals surface area (Å²) < 4.78 is 5.93. The number of rotatable bonds is 5. The van der Waals surface area contributed by atoms with Gasteiger partial charge in [-0.15, -0.1) is 0 Å². The van der Waals surface area contributed by atoms with Crippen LogP contribution in [0.25, 0.3) is 0 Å². The fourth-order valence-corrected chi connectivity index (χ4v) is 2.75. The molecule has 0 radical (unpaired) electrons. The Balaban J connectivity index is 1.79. The molecule has 0 aliphatic carbocycles. The maximum absolute atomic E-state index is 12.0. The zero-order valence-corrected chi connectivity index (χ0v) is 15.3. The number of aliphatic hydroxyl groups excluding tert-OH is 1. The van der Waals surface area contributed by atoms with E-state index in [4.69, 9.17) is 4.74 Å². The van der Waals surface area contributed by atoms with Gasteiger partial charge in [0.15, 0.2) is 0 Å². The topological polar surface area (TPSA) is 100 Å². The van der Waals surface area contributed by atoms with Crippen molar-refractivity contribution in [2.75, 3.05) is 16.8 Å². The van der Waals surface area contributed by atoms with Gasteiger partial charge in [0.05, 0.1) is 17.8 Å². The van der Waals surface area contributed by atoms with Crippen LogP contribution in [0.5, 0.6) is 0 Å². The largest absolute Gasteiger partial charge is 0.447 e. The van der Waals surface area contributed by atoms with Crippen LogP contribution in [-0.2, 0) is 4.74 Å². The number of anilines is 2. The maximum atomic E-state index is 12.0. The molecule has 2 aromatic rings. The van der Waals surface area contributed by atoms with Crippen molar-refractivity contribution in [3.8, 4) is 0 Å². The van der Waals surface area contributed by atoms with Gasteiger partial charge in [-0.2, -0.15) is 4.98 Å². The standard InChI is InChI=1S/C16H18BrN5O3/c1-9(12-4-3-11(17)7-19-12)20-15-18-6-5-14(21-15)22-13(10(2)23)8-25-16(22)24/h3-7,9-10,13,23H,8H2,1-2H3,(H,18,20,21)/t9-,10+,13?/m0/s1. The Morgan fingerprint density at radius 2 is 2.16 bits per heavy atom. The molecule has 1 amide bonds. The molecule has 1 fully saturated rings. The van der Waals surface area contributed by atoms with E-state index >= 15 is 0 Å². The summed E-state index contributed by atoms with van der Waals surface area (Å²) >= 11 is 3.35. The second-order valence-electron chi connectivity index (χ2n) is 5.76. The molecule has 3 rings (SSSR count). The third kappa shape index (κ3) is 3.88. The molecule has 9 heteroatoms. The first kappa shape index (κ1) is 17.6. The number of nitrogens with one attached hydrogen (secondary N) is 1. The van der Waals surface area contributed by atoms with Crippen molar-refractivity contribution < 1.29 is 14.6 Å². The summed E-state index contributed by atoms with van der Waals surface area (Å²) in [6.07, 6.45) is 2.01. The van der Waals surface area contributed by atoms with Gasteiger partial charge in [-0.05, 0) is 48.0 Å². The molecule has 0 bridgehead atoms. The minimum atomic E-state index is -0.733. The Hall–Kier alpha value is -2.26. The maximum Gasteiger partial charge on any atom is 0.416 e. The first-order valence-corrected chi connectivity index (χ1v) is 8.60. The third-order valence-electron chi connectivity index (χ3n) is 3.89. The molecule has 3 atom stereocenters. The number of aliphatic hydroxyl groups is 1. The van der Waals surface area contributed by atoms with Crippen LogP contribution in [0, 0.1) is 0 Å². The van der Waals surface area contributed by atoms with Crippen LogP contribution in [0.4, 0.5) is 16.6 Å². The highest BCUT2D eigenvalue weighted by atomic mass is 79.9. The smallest absolute Gasteiger partial charge is 0.416 e. The van der Waals surface area contributed by atoms with Gasteiger partial charge in [-0.3, -0.25) is 9.88 Å². The van der Waals surface area contributed by atoms with Gasteiger partial charge in [0.25, 0.3) is 0 Å². The van der Waals surface area contributed by atoms with Crippen molar-refractivity contribution in [1.82, 2.24) is 15.0 Å². The van der Waals surface area contributed by atoms with Crippen molar-refractivity contribution in [2.45, 2.75) is 32.0 Å². The van der Waals surface area contributed by atoms with Gasteiger partial charge in [0.1, 0.15) is 18.5 Å². The Kier molecular flexibility index (Phi) is 5.14. The zero-order valence-electron chi connectivity index (χ0n) is 13.8. The first-order chi connectivity index (χ1) is 12.0. The highest BCUT2D eigenvalue weighted by Crippen LogP contribution is 2.24. The van der Waals surface area contributed by atoms with Gasteiger partial charge >= 0.3 is 6.09 Å². The minimum Gasteiger partial charge on any atom is -0.447 e. The molecular weight excluding hydrogens is 390 g/mol. The van der Waals surface area contributed by atoms with Gasteiger partial charge < -0.3 is 15.2 Å². The molecule has 132 valence electrons. The number of carbonyl (C=O) groups is 1. The van der Waals surface area contributed by atoms with E-state index in [-0.39, 0.29) is 12.6 Å². The second-order valence-corrected chi connectivity index (χ2v) is 6.68. The van der Waals surface area contributed by atoms with Crippen molar-refractivity contribution >= 4 is 33.8 Å². The molecule has 8 nitrogen and oxygen atoms in total. The third-order valence-corrected chi connectivity index (χ3v) is 4.36. The van der Waals surface area contributed by atoms with E-state index in [1.54, 1.807) is 25.4 Å². The van der Waals surface area contributed by atoms with Crippen LogP contribution in [-0.4, -0.2) is 44.9 Å². The lowest BCUT2D eigenvalue weighted by Gasteiger charge is -2.23. The van der Waals surface area contributed by atoms with Crippen molar-refractivity contribution in [3.63, 3.8) is 0 Å². The molecule has 25 heavy (non-hydrogen) atoms. The number of halogens is 1. The molecule has 1 saturated heterocycles. The number of hydrogen-bond donors (Lipinski definition) is 2. The number of cyclic esters (lactones) is 1. The van der Waals surface area contributed by atoms with Crippen molar-refractivity contribution in [3.05, 3.63) is 40.8 Å². The predicted octanol–water partition coefficient (Wildman–Crippen LogP) is 2.51. The number of ether oxygens (including phenoxy) is 1. The molecule has 1 unspecified atom stereocenters. The summed E-state index contributed by atoms with van der Waals surface area (Å²) in [5, 5.41) is 13.0. The van der Waals surface area contributed by atoms with Crippen LogP contribution < -0.4 is 10.2 Å². The normalized spacial score (nSPS) is 19.4. The molecule has 0 spiro atoms. The van der Waals surface area contributed by atoms with E-state index < -0.39 is 18.2 Å². The fraction of sp³-hybridized carbons (Fsp3) is 0.375. The van der Waals surface area contributed by atoms with Crippen molar-refractivity contribution in [1.29, 1.82) is 0 Å². The molecule has 3 heterocycles. The Labute approximate surface area is 153 Å². The molecule has 1 aliphatic rings. The Bertz CT molecular complexity index is 756. The summed E-state index contributed by atoms with van der Waals surface area (Å²) in [5.41, 5.74) is 0.833. The van der Waals surface area contributed by atoms with Gasteiger partial charge in [0.2, 0.25) is 5.95 Å². The summed E-state index contributed by atoms with van der Waals surface area (Å²) in [5.74, 6) is 0.737. The number of nitrogens with zero attached hydrogens (tertiary/aromatic N) is 4. The number of carbonyl (C=O) groups excluding carboxylic acids is 1. The van der Waals surface area contributed by atoms with Gasteiger partial charge in [-0.1, -0.05) is 0 Å². The monoisotopic (exact) mass is 407 g/mol. The van der Waals surface area contributed by atoms with E-state index in [1.165, 1.54) is 4.90 Å². The average molecular weight is 408 g/mol. The molecule has 1 aliphatic heterocycles. The van der Waals surface area contributed by atoms with Crippen LogP contribution >= 0.6 is 15.9 Å². The summed E-state index contributed by atoms with van der Waals surface area (Å²) in [6, 6.07) is 4.82. The molecule has 0 saturated carbocycles. The quantitative estimate of drug-likeness (QED) is 0.784. The predicted molar refractivity (Wildman–Crippen MR) is 95.3 cm³/mol. The molecule has 2 N–H and O–H groups in total. The highest BCUT2D eigenvalue weighted by molar-refractivity contribution is 9.10. The van der Waals surface area contributed by atoms with Gasteiger partial charge in [-0.25, -0.2) is 9.78 Å². The second kappa shape index (κ2) is 7.32. The lowest BCUT2D eigenvalue weighted by atomic mass is 10.2. The SMILES string of the molecule is C[C@H](Nc1nccc(N2C(=O)OCC2[C@@H](C)O)n1)c1ccc(Br)cn1. The number of pyridine rings is 1. The highest BCUT2D eigenvalue weighted by Gasteiger charge is 2.38. The van der Waals surface area contributed by atoms with Crippen LogP contribution in [0.1, 0.15) is 25.6 Å². The lowest BCUT2D eigenvalue weighted by Crippen LogP contribution is -2.41.